The molecule has 2 aliphatic rings. The summed E-state index contributed by atoms with van der Waals surface area (Å²) in [6.07, 6.45) is 6.06. The van der Waals surface area contributed by atoms with Crippen molar-refractivity contribution in [3.05, 3.63) is 0 Å². The number of hydrogen-bond donors (Lipinski definition) is 0. The first kappa shape index (κ1) is 12.4. The molecule has 94 valence electrons. The standard InChI is InChI=1S/C14H30N2/c1-15(2,3)8-9-16(4)11-13-6-5-7-14(10-13)12-16/h13-14H,5-12H2,1-4H3/q+2. The lowest BCUT2D eigenvalue weighted by molar-refractivity contribution is -0.956. The minimum absolute atomic E-state index is 1.05. The van der Waals surface area contributed by atoms with Crippen molar-refractivity contribution in [2.45, 2.75) is 25.7 Å². The Morgan fingerprint density at radius 3 is 2.12 bits per heavy atom. The van der Waals surface area contributed by atoms with Crippen LogP contribution >= 0.6 is 0 Å². The van der Waals surface area contributed by atoms with E-state index in [1.54, 1.807) is 0 Å². The molecule has 2 unspecified atom stereocenters. The molecule has 0 spiro atoms. The number of likely N-dealkylation sites (N-methyl/N-ethyl adjacent to an activating group) is 2. The number of rotatable bonds is 3. The number of piperidine rings is 1. The zero-order chi connectivity index (χ0) is 11.8. The van der Waals surface area contributed by atoms with Gasteiger partial charge in [0.05, 0.1) is 41.3 Å². The first-order valence-corrected chi connectivity index (χ1v) is 7.00. The second-order valence-corrected chi connectivity index (χ2v) is 7.62. The molecule has 2 heteroatoms. The molecule has 0 aromatic heterocycles. The molecule has 2 atom stereocenters. The van der Waals surface area contributed by atoms with Crippen molar-refractivity contribution in [1.82, 2.24) is 0 Å². The van der Waals surface area contributed by atoms with Crippen LogP contribution < -0.4 is 0 Å². The first-order chi connectivity index (χ1) is 7.36. The van der Waals surface area contributed by atoms with Crippen LogP contribution in [0.25, 0.3) is 0 Å². The highest BCUT2D eigenvalue weighted by molar-refractivity contribution is 4.77. The van der Waals surface area contributed by atoms with Gasteiger partial charge in [-0.1, -0.05) is 6.42 Å². The fourth-order valence-corrected chi connectivity index (χ4v) is 3.78. The molecule has 1 saturated carbocycles. The van der Waals surface area contributed by atoms with Gasteiger partial charge in [0.25, 0.3) is 0 Å². The Morgan fingerprint density at radius 2 is 1.62 bits per heavy atom. The van der Waals surface area contributed by atoms with Gasteiger partial charge in [0, 0.05) is 11.8 Å². The number of likely N-dealkylation sites (tertiary alicyclic amines) is 1. The molecule has 1 aliphatic carbocycles. The zero-order valence-corrected chi connectivity index (χ0v) is 11.7. The second-order valence-electron chi connectivity index (χ2n) is 7.62. The summed E-state index contributed by atoms with van der Waals surface area (Å²) in [5, 5.41) is 0. The van der Waals surface area contributed by atoms with Gasteiger partial charge in [0.15, 0.2) is 0 Å². The van der Waals surface area contributed by atoms with E-state index in [1.165, 1.54) is 56.3 Å². The van der Waals surface area contributed by atoms with E-state index in [0.717, 1.165) is 16.3 Å². The monoisotopic (exact) mass is 226 g/mol. The van der Waals surface area contributed by atoms with E-state index in [4.69, 9.17) is 0 Å². The van der Waals surface area contributed by atoms with Crippen molar-refractivity contribution < 1.29 is 8.97 Å². The van der Waals surface area contributed by atoms with Gasteiger partial charge in [-0.25, -0.2) is 0 Å². The topological polar surface area (TPSA) is 0 Å². The molecule has 0 N–H and O–H groups in total. The maximum absolute atomic E-state index is 2.50. The third kappa shape index (κ3) is 3.21. The van der Waals surface area contributed by atoms with E-state index in [9.17, 15) is 0 Å². The molecular weight excluding hydrogens is 196 g/mol. The molecular formula is C14H30N2+2. The third-order valence-electron chi connectivity index (χ3n) is 4.60. The van der Waals surface area contributed by atoms with E-state index >= 15 is 0 Å². The van der Waals surface area contributed by atoms with Crippen LogP contribution in [0.4, 0.5) is 0 Å². The largest absolute Gasteiger partial charge is 0.326 e. The number of fused-ring (bicyclic) bond motifs is 2. The summed E-state index contributed by atoms with van der Waals surface area (Å²) in [6, 6.07) is 0. The highest BCUT2D eigenvalue weighted by atomic mass is 15.4. The highest BCUT2D eigenvalue weighted by Crippen LogP contribution is 2.36. The first-order valence-electron chi connectivity index (χ1n) is 7.00. The second kappa shape index (κ2) is 4.30. The van der Waals surface area contributed by atoms with Gasteiger partial charge in [-0.2, -0.15) is 0 Å². The quantitative estimate of drug-likeness (QED) is 0.645. The lowest BCUT2D eigenvalue weighted by Crippen LogP contribution is -2.58. The fraction of sp³-hybridized carbons (Fsp3) is 1.00. The molecule has 16 heavy (non-hydrogen) atoms. The fourth-order valence-electron chi connectivity index (χ4n) is 3.78. The summed E-state index contributed by atoms with van der Waals surface area (Å²) in [5.41, 5.74) is 0. The van der Waals surface area contributed by atoms with Gasteiger partial charge < -0.3 is 8.97 Å². The molecule has 1 saturated heterocycles. The van der Waals surface area contributed by atoms with Crippen molar-refractivity contribution in [3.8, 4) is 0 Å². The molecule has 0 amide bonds. The summed E-state index contributed by atoms with van der Waals surface area (Å²) < 4.78 is 2.47. The van der Waals surface area contributed by atoms with Crippen LogP contribution in [0.2, 0.25) is 0 Å². The van der Waals surface area contributed by atoms with Crippen LogP contribution in [0.15, 0.2) is 0 Å². The highest BCUT2D eigenvalue weighted by Gasteiger charge is 2.39. The normalized spacial score (nSPS) is 39.8. The van der Waals surface area contributed by atoms with Crippen LogP contribution in [0.5, 0.6) is 0 Å². The molecule has 2 fully saturated rings. The summed E-state index contributed by atoms with van der Waals surface area (Å²) in [7, 11) is 9.45. The minimum atomic E-state index is 1.05. The molecule has 1 heterocycles. The third-order valence-corrected chi connectivity index (χ3v) is 4.60. The van der Waals surface area contributed by atoms with Gasteiger partial charge in [-0.3, -0.25) is 0 Å². The summed E-state index contributed by atoms with van der Waals surface area (Å²) >= 11 is 0. The van der Waals surface area contributed by atoms with Gasteiger partial charge in [-0.05, 0) is 19.3 Å². The molecule has 0 aromatic carbocycles. The van der Waals surface area contributed by atoms with Crippen LogP contribution in [0, 0.1) is 11.8 Å². The van der Waals surface area contributed by atoms with Gasteiger partial charge in [0.1, 0.15) is 13.1 Å². The Hall–Kier alpha value is -0.0800. The maximum Gasteiger partial charge on any atom is 0.128 e. The van der Waals surface area contributed by atoms with E-state index in [0.29, 0.717) is 0 Å². The molecule has 0 radical (unpaired) electrons. The molecule has 1 aliphatic heterocycles. The molecule has 2 nitrogen and oxygen atoms in total. The maximum atomic E-state index is 2.50. The minimum Gasteiger partial charge on any atom is -0.326 e. The summed E-state index contributed by atoms with van der Waals surface area (Å²) in [5.74, 6) is 2.09. The zero-order valence-electron chi connectivity index (χ0n) is 11.7. The average Bonchev–Trinajstić information content (AvgIpc) is 2.13. The lowest BCUT2D eigenvalue weighted by atomic mass is 9.77. The van der Waals surface area contributed by atoms with Crippen molar-refractivity contribution in [3.63, 3.8) is 0 Å². The van der Waals surface area contributed by atoms with Crippen LogP contribution in [-0.2, 0) is 0 Å². The van der Waals surface area contributed by atoms with Gasteiger partial charge >= 0.3 is 0 Å². The lowest BCUT2D eigenvalue weighted by Gasteiger charge is -2.47. The van der Waals surface area contributed by atoms with E-state index in [1.807, 2.05) is 0 Å². The molecule has 0 aromatic rings. The molecule has 2 bridgehead atoms. The van der Waals surface area contributed by atoms with E-state index < -0.39 is 0 Å². The Kier molecular flexibility index (Phi) is 3.33. The number of nitrogens with zero attached hydrogens (tertiary/aromatic N) is 2. The number of quaternary nitrogens is 2. The average molecular weight is 226 g/mol. The van der Waals surface area contributed by atoms with Gasteiger partial charge in [0.2, 0.25) is 0 Å². The van der Waals surface area contributed by atoms with Crippen LogP contribution in [-0.4, -0.2) is 63.3 Å². The van der Waals surface area contributed by atoms with Crippen LogP contribution in [0.3, 0.4) is 0 Å². The van der Waals surface area contributed by atoms with E-state index in [2.05, 4.69) is 28.2 Å². The van der Waals surface area contributed by atoms with Crippen molar-refractivity contribution >= 4 is 0 Å². The predicted octanol–water partition coefficient (Wildman–Crippen LogP) is 1.96. The Bertz CT molecular complexity index is 230. The smallest absolute Gasteiger partial charge is 0.128 e. The Morgan fingerprint density at radius 1 is 1.06 bits per heavy atom. The summed E-state index contributed by atoms with van der Waals surface area (Å²) in [4.78, 5) is 0. The summed E-state index contributed by atoms with van der Waals surface area (Å²) in [6.45, 7) is 5.60. The van der Waals surface area contributed by atoms with E-state index in [-0.39, 0.29) is 0 Å². The number of hydrogen-bond acceptors (Lipinski definition) is 0. The molecule has 2 rings (SSSR count). The predicted molar refractivity (Wildman–Crippen MR) is 69.1 cm³/mol. The van der Waals surface area contributed by atoms with Crippen molar-refractivity contribution in [1.29, 1.82) is 0 Å². The van der Waals surface area contributed by atoms with Crippen molar-refractivity contribution in [2.24, 2.45) is 11.8 Å². The van der Waals surface area contributed by atoms with Crippen LogP contribution in [0.1, 0.15) is 25.7 Å². The Labute approximate surface area is 101 Å². The van der Waals surface area contributed by atoms with Gasteiger partial charge in [-0.15, -0.1) is 0 Å². The Balaban J connectivity index is 1.92. The van der Waals surface area contributed by atoms with Crippen molar-refractivity contribution in [2.75, 3.05) is 54.4 Å². The SMILES string of the molecule is C[N+](C)(C)CC[N+]1(C)CC2CCCC(C2)C1.